The molecule has 208 valence electrons. The van der Waals surface area contributed by atoms with Crippen LogP contribution in [-0.2, 0) is 14.3 Å². The molecule has 1 aromatic heterocycles. The number of hydrogen-bond acceptors (Lipinski definition) is 7. The minimum absolute atomic E-state index is 0.158. The minimum atomic E-state index is -0.841. The molecule has 1 saturated heterocycles. The number of anilines is 1. The van der Waals surface area contributed by atoms with Gasteiger partial charge >= 0.3 is 5.97 Å². The molecule has 1 fully saturated rings. The Morgan fingerprint density at radius 2 is 1.76 bits per heavy atom. The molecule has 0 unspecified atom stereocenters. The largest absolute Gasteiger partial charge is 0.463 e. The molecule has 0 radical (unpaired) electrons. The number of carbonyl (C=O) groups excluding carboxylic acids is 1. The third-order valence-electron chi connectivity index (χ3n) is 7.13. The number of aromatic nitrogens is 1. The van der Waals surface area contributed by atoms with E-state index in [1.165, 1.54) is 28.0 Å². The van der Waals surface area contributed by atoms with Crippen LogP contribution in [0.3, 0.4) is 0 Å². The Morgan fingerprint density at radius 1 is 1.05 bits per heavy atom. The summed E-state index contributed by atoms with van der Waals surface area (Å²) in [6.45, 7) is 4.98. The van der Waals surface area contributed by atoms with Gasteiger partial charge < -0.3 is 14.4 Å². The predicted molar refractivity (Wildman–Crippen MR) is 157 cm³/mol. The van der Waals surface area contributed by atoms with Crippen molar-refractivity contribution in [2.75, 3.05) is 37.8 Å². The van der Waals surface area contributed by atoms with Crippen LogP contribution in [0.2, 0.25) is 0 Å². The maximum atomic E-state index is 14.0. The number of nitrogens with zero attached hydrogens (tertiary/aromatic N) is 3. The standard InChI is InChI=1S/C32H28FN3O4S/c1-2-40-31(38)27-28(22-6-4-3-5-7-22)34-32-36(29(27)23-10-12-24(33)13-11-23)30(37)26(41-32)20-21-8-14-25(15-9-21)35-16-18-39-19-17-35/h3-15,20,29H,2,16-19H2,1H3/b26-20+/t29-/m0/s1. The lowest BCUT2D eigenvalue weighted by Gasteiger charge is -2.28. The summed E-state index contributed by atoms with van der Waals surface area (Å²) in [4.78, 5) is 35.0. The first kappa shape index (κ1) is 26.9. The number of thiazole rings is 1. The number of hydrogen-bond donors (Lipinski definition) is 0. The highest BCUT2D eigenvalue weighted by atomic mass is 32.1. The summed E-state index contributed by atoms with van der Waals surface area (Å²) in [5.41, 5.74) is 3.67. The Bertz CT molecular complexity index is 1770. The number of esters is 1. The predicted octanol–water partition coefficient (Wildman–Crippen LogP) is 3.91. The Hall–Kier alpha value is -4.34. The van der Waals surface area contributed by atoms with Crippen molar-refractivity contribution in [2.45, 2.75) is 13.0 Å². The van der Waals surface area contributed by atoms with Gasteiger partial charge in [0.25, 0.3) is 5.56 Å². The monoisotopic (exact) mass is 569 g/mol. The van der Waals surface area contributed by atoms with Crippen molar-refractivity contribution in [3.05, 3.63) is 127 Å². The number of ether oxygens (including phenoxy) is 2. The van der Waals surface area contributed by atoms with Crippen molar-refractivity contribution in [2.24, 2.45) is 4.99 Å². The molecule has 2 aliphatic rings. The molecule has 7 nitrogen and oxygen atoms in total. The van der Waals surface area contributed by atoms with Gasteiger partial charge in [-0.3, -0.25) is 9.36 Å². The smallest absolute Gasteiger partial charge is 0.338 e. The normalized spacial score (nSPS) is 17.3. The van der Waals surface area contributed by atoms with Crippen LogP contribution < -0.4 is 19.8 Å². The molecule has 0 saturated carbocycles. The summed E-state index contributed by atoms with van der Waals surface area (Å²) in [5.74, 6) is -0.982. The van der Waals surface area contributed by atoms with Crippen molar-refractivity contribution in [1.82, 2.24) is 4.57 Å². The van der Waals surface area contributed by atoms with Crippen LogP contribution >= 0.6 is 11.3 Å². The average Bonchev–Trinajstić information content (AvgIpc) is 3.32. The Balaban J connectivity index is 1.51. The fourth-order valence-corrected chi connectivity index (χ4v) is 6.16. The molecule has 9 heteroatoms. The number of carbonyl (C=O) groups is 1. The minimum Gasteiger partial charge on any atom is -0.463 e. The van der Waals surface area contributed by atoms with E-state index in [-0.39, 0.29) is 17.7 Å². The Labute approximate surface area is 240 Å². The highest BCUT2D eigenvalue weighted by Crippen LogP contribution is 2.35. The summed E-state index contributed by atoms with van der Waals surface area (Å²) in [6.07, 6.45) is 1.84. The van der Waals surface area contributed by atoms with E-state index >= 15 is 0 Å². The molecule has 0 amide bonds. The fourth-order valence-electron chi connectivity index (χ4n) is 5.16. The zero-order valence-corrected chi connectivity index (χ0v) is 23.3. The average molecular weight is 570 g/mol. The maximum Gasteiger partial charge on any atom is 0.338 e. The second kappa shape index (κ2) is 11.6. The Morgan fingerprint density at radius 3 is 2.44 bits per heavy atom. The van der Waals surface area contributed by atoms with Crippen LogP contribution in [0.1, 0.15) is 29.7 Å². The highest BCUT2D eigenvalue weighted by Gasteiger charge is 2.35. The van der Waals surface area contributed by atoms with Crippen molar-refractivity contribution < 1.29 is 18.7 Å². The van der Waals surface area contributed by atoms with E-state index in [2.05, 4.69) is 4.90 Å². The highest BCUT2D eigenvalue weighted by molar-refractivity contribution is 7.07. The summed E-state index contributed by atoms with van der Waals surface area (Å²) in [7, 11) is 0. The van der Waals surface area contributed by atoms with Gasteiger partial charge in [-0.05, 0) is 48.4 Å². The van der Waals surface area contributed by atoms with E-state index in [1.807, 2.05) is 60.7 Å². The van der Waals surface area contributed by atoms with Gasteiger partial charge in [-0.1, -0.05) is 65.9 Å². The molecular weight excluding hydrogens is 541 g/mol. The van der Waals surface area contributed by atoms with Crippen LogP contribution in [0.4, 0.5) is 10.1 Å². The van der Waals surface area contributed by atoms with E-state index in [0.29, 0.717) is 33.8 Å². The van der Waals surface area contributed by atoms with Gasteiger partial charge in [0.15, 0.2) is 4.80 Å². The maximum absolute atomic E-state index is 14.0. The van der Waals surface area contributed by atoms with E-state index in [4.69, 9.17) is 14.5 Å². The number of rotatable bonds is 6. The van der Waals surface area contributed by atoms with Crippen molar-refractivity contribution in [3.63, 3.8) is 0 Å². The molecule has 0 N–H and O–H groups in total. The number of morpholine rings is 1. The molecule has 0 spiro atoms. The van der Waals surface area contributed by atoms with Crippen LogP contribution in [0, 0.1) is 5.82 Å². The summed E-state index contributed by atoms with van der Waals surface area (Å²) >= 11 is 1.26. The first-order valence-corrected chi connectivity index (χ1v) is 14.3. The molecule has 41 heavy (non-hydrogen) atoms. The summed E-state index contributed by atoms with van der Waals surface area (Å²) < 4.78 is 26.9. The van der Waals surface area contributed by atoms with E-state index in [1.54, 1.807) is 19.1 Å². The van der Waals surface area contributed by atoms with Crippen LogP contribution in [-0.4, -0.2) is 43.4 Å². The molecule has 2 aliphatic heterocycles. The molecule has 3 heterocycles. The van der Waals surface area contributed by atoms with Gasteiger partial charge in [0.1, 0.15) is 5.82 Å². The lowest BCUT2D eigenvalue weighted by Crippen LogP contribution is -2.40. The van der Waals surface area contributed by atoms with Crippen molar-refractivity contribution >= 4 is 34.8 Å². The van der Waals surface area contributed by atoms with Gasteiger partial charge in [-0.2, -0.15) is 0 Å². The lowest BCUT2D eigenvalue weighted by molar-refractivity contribution is -0.138. The first-order chi connectivity index (χ1) is 20.0. The molecule has 1 atom stereocenters. The first-order valence-electron chi connectivity index (χ1n) is 13.5. The number of halogens is 1. The number of fused-ring (bicyclic) bond motifs is 1. The summed E-state index contributed by atoms with van der Waals surface area (Å²) in [6, 6.07) is 22.4. The van der Waals surface area contributed by atoms with Gasteiger partial charge in [-0.15, -0.1) is 0 Å². The molecule has 0 bridgehead atoms. The van der Waals surface area contributed by atoms with Gasteiger partial charge in [0.05, 0.1) is 41.7 Å². The zero-order chi connectivity index (χ0) is 28.3. The lowest BCUT2D eigenvalue weighted by atomic mass is 9.93. The van der Waals surface area contributed by atoms with Gasteiger partial charge in [0.2, 0.25) is 0 Å². The molecule has 3 aromatic carbocycles. The second-order valence-electron chi connectivity index (χ2n) is 9.67. The van der Waals surface area contributed by atoms with E-state index in [0.717, 1.165) is 29.9 Å². The van der Waals surface area contributed by atoms with Crippen LogP contribution in [0.5, 0.6) is 0 Å². The van der Waals surface area contributed by atoms with Crippen molar-refractivity contribution in [3.8, 4) is 0 Å². The van der Waals surface area contributed by atoms with E-state index < -0.39 is 17.8 Å². The third-order valence-corrected chi connectivity index (χ3v) is 8.11. The summed E-state index contributed by atoms with van der Waals surface area (Å²) in [5, 5.41) is 0. The second-order valence-corrected chi connectivity index (χ2v) is 10.7. The zero-order valence-electron chi connectivity index (χ0n) is 22.5. The SMILES string of the molecule is CCOC(=O)C1=C(c2ccccc2)N=c2s/c(=C/c3ccc(N4CCOCC4)cc3)c(=O)n2[C@H]1c1ccc(F)cc1. The quantitative estimate of drug-likeness (QED) is 0.330. The third kappa shape index (κ3) is 5.38. The topological polar surface area (TPSA) is 73.1 Å². The molecule has 0 aliphatic carbocycles. The van der Waals surface area contributed by atoms with Gasteiger partial charge in [-0.25, -0.2) is 14.2 Å². The molecule has 6 rings (SSSR count). The van der Waals surface area contributed by atoms with Crippen molar-refractivity contribution in [1.29, 1.82) is 0 Å². The molecule has 4 aromatic rings. The van der Waals surface area contributed by atoms with Gasteiger partial charge in [0, 0.05) is 24.3 Å². The van der Waals surface area contributed by atoms with E-state index in [9.17, 15) is 14.0 Å². The van der Waals surface area contributed by atoms with Crippen LogP contribution in [0.25, 0.3) is 11.8 Å². The Kier molecular flexibility index (Phi) is 7.63. The fraction of sp³-hybridized carbons (Fsp3) is 0.219. The van der Waals surface area contributed by atoms with Crippen LogP contribution in [0.15, 0.2) is 94.2 Å². The molecular formula is C32H28FN3O4S. The number of benzene rings is 3.